The first-order valence-electron chi connectivity index (χ1n) is 7.29. The molecule has 0 aromatic heterocycles. The van der Waals surface area contributed by atoms with E-state index in [2.05, 4.69) is 9.44 Å². The van der Waals surface area contributed by atoms with Crippen molar-refractivity contribution < 1.29 is 16.8 Å². The van der Waals surface area contributed by atoms with E-state index in [0.29, 0.717) is 0 Å². The van der Waals surface area contributed by atoms with Gasteiger partial charge in [0.15, 0.2) is 0 Å². The van der Waals surface area contributed by atoms with Gasteiger partial charge in [0.05, 0.1) is 9.79 Å². The molecule has 0 saturated heterocycles. The van der Waals surface area contributed by atoms with E-state index in [9.17, 15) is 16.8 Å². The fourth-order valence-electron chi connectivity index (χ4n) is 2.36. The molecular weight excluding hydrogens is 348 g/mol. The summed E-state index contributed by atoms with van der Waals surface area (Å²) in [6.45, 7) is 3.65. The van der Waals surface area contributed by atoms with E-state index in [-0.39, 0.29) is 9.79 Å². The molecule has 0 fully saturated rings. The first-order chi connectivity index (χ1) is 11.2. The highest BCUT2D eigenvalue weighted by molar-refractivity contribution is 7.90. The number of nitrogens with one attached hydrogen (secondary N) is 2. The van der Waals surface area contributed by atoms with Gasteiger partial charge in [0.2, 0.25) is 20.0 Å². The van der Waals surface area contributed by atoms with Gasteiger partial charge in [-0.3, -0.25) is 0 Å². The van der Waals surface area contributed by atoms with E-state index in [1.165, 1.54) is 25.2 Å². The zero-order valence-corrected chi connectivity index (χ0v) is 15.3. The van der Waals surface area contributed by atoms with Crippen LogP contribution in [-0.4, -0.2) is 23.9 Å². The number of benzene rings is 2. The summed E-state index contributed by atoms with van der Waals surface area (Å²) in [4.78, 5) is -0.198. The second-order valence-electron chi connectivity index (χ2n) is 5.38. The molecule has 6 nitrogen and oxygen atoms in total. The van der Waals surface area contributed by atoms with Crippen LogP contribution in [0.3, 0.4) is 0 Å². The fraction of sp³-hybridized carbons (Fsp3) is 0.250. The van der Waals surface area contributed by atoms with Crippen molar-refractivity contribution in [2.24, 2.45) is 0 Å². The Balaban J connectivity index is 2.35. The van der Waals surface area contributed by atoms with Crippen LogP contribution in [0.25, 0.3) is 0 Å². The molecule has 0 amide bonds. The van der Waals surface area contributed by atoms with Crippen molar-refractivity contribution in [2.75, 3.05) is 7.05 Å². The number of aryl methyl sites for hydroxylation is 1. The van der Waals surface area contributed by atoms with Gasteiger partial charge in [-0.1, -0.05) is 30.3 Å². The molecule has 130 valence electrons. The lowest BCUT2D eigenvalue weighted by atomic mass is 10.0. The molecule has 0 aliphatic carbocycles. The maximum Gasteiger partial charge on any atom is 0.241 e. The lowest BCUT2D eigenvalue weighted by Gasteiger charge is -2.17. The second-order valence-corrected chi connectivity index (χ2v) is 8.98. The largest absolute Gasteiger partial charge is 0.241 e. The standard InChI is InChI=1S/C16H20N2O4S2/c1-12-7-4-5-10-16(12)13(2)18-24(21,22)15-9-6-8-14(11-15)23(19,20)17-3/h4-11,13,17-18H,1-3H3/t13-/m0/s1. The molecule has 0 radical (unpaired) electrons. The Morgan fingerprint density at radius 2 is 1.46 bits per heavy atom. The average molecular weight is 368 g/mol. The Hall–Kier alpha value is -1.74. The lowest BCUT2D eigenvalue weighted by molar-refractivity contribution is 0.566. The Labute approximate surface area is 143 Å². The number of hydrogen-bond acceptors (Lipinski definition) is 4. The Morgan fingerprint density at radius 3 is 2.04 bits per heavy atom. The van der Waals surface area contributed by atoms with Gasteiger partial charge in [-0.2, -0.15) is 0 Å². The summed E-state index contributed by atoms with van der Waals surface area (Å²) < 4.78 is 53.6. The lowest BCUT2D eigenvalue weighted by Crippen LogP contribution is -2.27. The van der Waals surface area contributed by atoms with Crippen LogP contribution >= 0.6 is 0 Å². The van der Waals surface area contributed by atoms with E-state index < -0.39 is 26.1 Å². The van der Waals surface area contributed by atoms with E-state index >= 15 is 0 Å². The van der Waals surface area contributed by atoms with E-state index in [4.69, 9.17) is 0 Å². The van der Waals surface area contributed by atoms with E-state index in [1.807, 2.05) is 31.2 Å². The van der Waals surface area contributed by atoms with Gasteiger partial charge in [-0.25, -0.2) is 26.3 Å². The summed E-state index contributed by atoms with van der Waals surface area (Å²) in [6.07, 6.45) is 0. The summed E-state index contributed by atoms with van der Waals surface area (Å²) >= 11 is 0. The molecule has 0 unspecified atom stereocenters. The van der Waals surface area contributed by atoms with Gasteiger partial charge >= 0.3 is 0 Å². The summed E-state index contributed by atoms with van der Waals surface area (Å²) in [5, 5.41) is 0. The second kappa shape index (κ2) is 7.02. The molecule has 2 aromatic rings. The zero-order chi connectivity index (χ0) is 18.0. The minimum Gasteiger partial charge on any atom is -0.214 e. The highest BCUT2D eigenvalue weighted by Gasteiger charge is 2.21. The van der Waals surface area contributed by atoms with Crippen LogP contribution in [0.5, 0.6) is 0 Å². The Bertz CT molecular complexity index is 938. The molecule has 2 N–H and O–H groups in total. The molecule has 24 heavy (non-hydrogen) atoms. The van der Waals surface area contributed by atoms with Crippen LogP contribution < -0.4 is 9.44 Å². The maximum atomic E-state index is 12.6. The van der Waals surface area contributed by atoms with Gasteiger partial charge in [-0.15, -0.1) is 0 Å². The van der Waals surface area contributed by atoms with Crippen LogP contribution in [0.4, 0.5) is 0 Å². The Morgan fingerprint density at radius 1 is 0.875 bits per heavy atom. The molecule has 1 atom stereocenters. The van der Waals surface area contributed by atoms with Crippen molar-refractivity contribution in [3.05, 3.63) is 59.7 Å². The van der Waals surface area contributed by atoms with Crippen molar-refractivity contribution in [3.63, 3.8) is 0 Å². The summed E-state index contributed by atoms with van der Waals surface area (Å²) in [7, 11) is -6.30. The van der Waals surface area contributed by atoms with Gasteiger partial charge in [0.1, 0.15) is 0 Å². The molecule has 0 aliphatic heterocycles. The molecule has 0 heterocycles. The van der Waals surface area contributed by atoms with E-state index in [1.54, 1.807) is 6.92 Å². The van der Waals surface area contributed by atoms with Crippen molar-refractivity contribution in [3.8, 4) is 0 Å². The predicted molar refractivity (Wildman–Crippen MR) is 92.6 cm³/mol. The Kier molecular flexibility index (Phi) is 5.44. The third-order valence-electron chi connectivity index (χ3n) is 3.68. The highest BCUT2D eigenvalue weighted by Crippen LogP contribution is 2.21. The van der Waals surface area contributed by atoms with Crippen LogP contribution in [-0.2, 0) is 20.0 Å². The monoisotopic (exact) mass is 368 g/mol. The van der Waals surface area contributed by atoms with Crippen molar-refractivity contribution in [2.45, 2.75) is 29.7 Å². The molecule has 8 heteroatoms. The van der Waals surface area contributed by atoms with Crippen LogP contribution in [0.15, 0.2) is 58.3 Å². The maximum absolute atomic E-state index is 12.6. The van der Waals surface area contributed by atoms with Gasteiger partial charge < -0.3 is 0 Å². The molecule has 0 bridgehead atoms. The molecule has 2 aromatic carbocycles. The zero-order valence-electron chi connectivity index (χ0n) is 13.6. The van der Waals surface area contributed by atoms with E-state index in [0.717, 1.165) is 17.2 Å². The first kappa shape index (κ1) is 18.6. The van der Waals surface area contributed by atoms with Crippen molar-refractivity contribution >= 4 is 20.0 Å². The van der Waals surface area contributed by atoms with Crippen molar-refractivity contribution in [1.82, 2.24) is 9.44 Å². The minimum atomic E-state index is -3.86. The third-order valence-corrected chi connectivity index (χ3v) is 6.63. The SMILES string of the molecule is CNS(=O)(=O)c1cccc(S(=O)(=O)N[C@@H](C)c2ccccc2C)c1. The smallest absolute Gasteiger partial charge is 0.214 e. The van der Waals surface area contributed by atoms with Gasteiger partial charge in [0, 0.05) is 6.04 Å². The minimum absolute atomic E-state index is 0.0979. The van der Waals surface area contributed by atoms with Crippen molar-refractivity contribution in [1.29, 1.82) is 0 Å². The van der Waals surface area contributed by atoms with Crippen LogP contribution in [0, 0.1) is 6.92 Å². The first-order valence-corrected chi connectivity index (χ1v) is 10.3. The number of rotatable bonds is 6. The molecule has 0 saturated carbocycles. The molecule has 2 rings (SSSR count). The summed E-state index contributed by atoms with van der Waals surface area (Å²) in [5.74, 6) is 0. The fourth-order valence-corrected chi connectivity index (χ4v) is 4.48. The molecule has 0 aliphatic rings. The number of hydrogen-bond donors (Lipinski definition) is 2. The summed E-state index contributed by atoms with van der Waals surface area (Å²) in [6, 6.07) is 12.3. The predicted octanol–water partition coefficient (Wildman–Crippen LogP) is 1.94. The van der Waals surface area contributed by atoms with Crippen LogP contribution in [0.2, 0.25) is 0 Å². The van der Waals surface area contributed by atoms with Crippen LogP contribution in [0.1, 0.15) is 24.1 Å². The average Bonchev–Trinajstić information content (AvgIpc) is 2.55. The normalized spacial score (nSPS) is 13.6. The molecule has 0 spiro atoms. The topological polar surface area (TPSA) is 92.3 Å². The number of sulfonamides is 2. The summed E-state index contributed by atoms with van der Waals surface area (Å²) in [5.41, 5.74) is 1.83. The molecular formula is C16H20N2O4S2. The quantitative estimate of drug-likeness (QED) is 0.815. The highest BCUT2D eigenvalue weighted by atomic mass is 32.2. The van der Waals surface area contributed by atoms with Gasteiger partial charge in [-0.05, 0) is 50.2 Å². The van der Waals surface area contributed by atoms with Gasteiger partial charge in [0.25, 0.3) is 0 Å². The third kappa shape index (κ3) is 4.02.